The minimum Gasteiger partial charge on any atom is -0.458 e. The topological polar surface area (TPSA) is 146 Å². The first-order valence-electron chi connectivity index (χ1n) is 13.4. The molecule has 5 aromatic rings. The highest BCUT2D eigenvalue weighted by Crippen LogP contribution is 2.23. The molecule has 228 valence electrons. The number of nitrogens with zero attached hydrogens (tertiary/aromatic N) is 1. The SMILES string of the molecule is CCOC(=O)C(=O)OCC.Nc1cc(F)ccc1Nc1ccccc1.O=c1[nH]c2cc(F)ccc2n(-c2ccccc2)c1=O. The molecule has 44 heavy (non-hydrogen) atoms. The summed E-state index contributed by atoms with van der Waals surface area (Å²) in [6.45, 7) is 3.63. The van der Waals surface area contributed by atoms with Gasteiger partial charge in [-0.1, -0.05) is 36.4 Å². The summed E-state index contributed by atoms with van der Waals surface area (Å²) in [6.07, 6.45) is 0. The Morgan fingerprint density at radius 2 is 1.34 bits per heavy atom. The third-order valence-corrected chi connectivity index (χ3v) is 5.64. The molecule has 0 radical (unpaired) electrons. The third-order valence-electron chi connectivity index (χ3n) is 5.64. The van der Waals surface area contributed by atoms with Crippen LogP contribution in [0.5, 0.6) is 0 Å². The van der Waals surface area contributed by atoms with Crippen LogP contribution in [-0.4, -0.2) is 34.7 Å². The molecule has 4 N–H and O–H groups in total. The average molecular weight is 605 g/mol. The van der Waals surface area contributed by atoms with E-state index in [1.54, 1.807) is 44.2 Å². The Kier molecular flexibility index (Phi) is 11.9. The maximum atomic E-state index is 13.2. The molecular formula is C32H30F2N4O6. The number of hydrogen-bond acceptors (Lipinski definition) is 8. The van der Waals surface area contributed by atoms with E-state index in [-0.39, 0.29) is 24.5 Å². The number of esters is 2. The monoisotopic (exact) mass is 604 g/mol. The molecule has 1 heterocycles. The van der Waals surface area contributed by atoms with Crippen LogP contribution in [0.25, 0.3) is 16.7 Å². The van der Waals surface area contributed by atoms with Gasteiger partial charge in [0.15, 0.2) is 0 Å². The zero-order chi connectivity index (χ0) is 32.1. The summed E-state index contributed by atoms with van der Waals surface area (Å²) in [6, 6.07) is 26.6. The molecule has 0 atom stereocenters. The van der Waals surface area contributed by atoms with Crippen molar-refractivity contribution in [1.29, 1.82) is 0 Å². The standard InChI is InChI=1S/C14H9FN2O2.C12H11FN2.C6H10O4/c15-9-6-7-12-11(8-9)16-13(18)14(19)17(12)10-4-2-1-3-5-10;13-9-6-7-12(11(14)8-9)15-10-4-2-1-3-5-10;1-3-9-5(7)6(8)10-4-2/h1-8H,(H,16,18);1-8,15H,14H2;3-4H2,1-2H3. The van der Waals surface area contributed by atoms with E-state index in [4.69, 9.17) is 5.73 Å². The molecule has 0 fully saturated rings. The zero-order valence-corrected chi connectivity index (χ0v) is 23.9. The van der Waals surface area contributed by atoms with Crippen molar-refractivity contribution in [3.05, 3.63) is 129 Å². The lowest BCUT2D eigenvalue weighted by Gasteiger charge is -2.09. The number of benzene rings is 4. The summed E-state index contributed by atoms with van der Waals surface area (Å²) in [5.74, 6) is -2.65. The lowest BCUT2D eigenvalue weighted by atomic mass is 10.2. The van der Waals surface area contributed by atoms with Crippen molar-refractivity contribution in [3.63, 3.8) is 0 Å². The van der Waals surface area contributed by atoms with Crippen LogP contribution < -0.4 is 22.2 Å². The van der Waals surface area contributed by atoms with Gasteiger partial charge in [-0.05, 0) is 74.5 Å². The number of nitrogen functional groups attached to an aromatic ring is 1. The number of carbonyl (C=O) groups is 2. The van der Waals surface area contributed by atoms with Crippen LogP contribution in [0.4, 0.5) is 25.8 Å². The van der Waals surface area contributed by atoms with Gasteiger partial charge in [0.1, 0.15) is 11.6 Å². The molecule has 0 saturated heterocycles. The van der Waals surface area contributed by atoms with E-state index in [1.165, 1.54) is 34.9 Å². The summed E-state index contributed by atoms with van der Waals surface area (Å²) in [4.78, 5) is 46.9. The van der Waals surface area contributed by atoms with E-state index in [0.717, 1.165) is 5.69 Å². The largest absolute Gasteiger partial charge is 0.458 e. The quantitative estimate of drug-likeness (QED) is 0.143. The van der Waals surface area contributed by atoms with Crippen LogP contribution in [0.3, 0.4) is 0 Å². The van der Waals surface area contributed by atoms with Gasteiger partial charge in [0, 0.05) is 11.4 Å². The van der Waals surface area contributed by atoms with Gasteiger partial charge in [0.25, 0.3) is 0 Å². The van der Waals surface area contributed by atoms with E-state index in [0.29, 0.717) is 22.6 Å². The lowest BCUT2D eigenvalue weighted by Crippen LogP contribution is -2.35. The van der Waals surface area contributed by atoms with E-state index in [1.807, 2.05) is 36.4 Å². The number of anilines is 3. The minimum atomic E-state index is -0.927. The molecular weight excluding hydrogens is 574 g/mol. The van der Waals surface area contributed by atoms with Crippen molar-refractivity contribution >= 4 is 40.0 Å². The molecule has 0 saturated carbocycles. The molecule has 0 spiro atoms. The van der Waals surface area contributed by atoms with E-state index >= 15 is 0 Å². The number of hydrogen-bond donors (Lipinski definition) is 3. The highest BCUT2D eigenvalue weighted by molar-refractivity contribution is 6.29. The molecule has 0 unspecified atom stereocenters. The highest BCUT2D eigenvalue weighted by atomic mass is 19.1. The van der Waals surface area contributed by atoms with Crippen LogP contribution >= 0.6 is 0 Å². The van der Waals surface area contributed by atoms with Crippen molar-refractivity contribution in [2.45, 2.75) is 13.8 Å². The van der Waals surface area contributed by atoms with Crippen LogP contribution in [0.2, 0.25) is 0 Å². The molecule has 0 aliphatic rings. The van der Waals surface area contributed by atoms with Crippen LogP contribution in [0, 0.1) is 11.6 Å². The Morgan fingerprint density at radius 1 is 0.795 bits per heavy atom. The van der Waals surface area contributed by atoms with Crippen molar-refractivity contribution < 1.29 is 27.8 Å². The number of para-hydroxylation sites is 2. The molecule has 0 amide bonds. The molecule has 5 rings (SSSR count). The fourth-order valence-electron chi connectivity index (χ4n) is 3.73. The second-order valence-corrected chi connectivity index (χ2v) is 8.76. The first-order valence-corrected chi connectivity index (χ1v) is 13.4. The Bertz CT molecular complexity index is 1810. The Morgan fingerprint density at radius 3 is 1.91 bits per heavy atom. The molecule has 1 aromatic heterocycles. The normalized spacial score (nSPS) is 10.0. The van der Waals surface area contributed by atoms with Gasteiger partial charge in [-0.2, -0.15) is 0 Å². The number of halogens is 2. The van der Waals surface area contributed by atoms with Gasteiger partial charge in [0.05, 0.1) is 35.6 Å². The average Bonchev–Trinajstić information content (AvgIpc) is 3.01. The highest BCUT2D eigenvalue weighted by Gasteiger charge is 2.14. The van der Waals surface area contributed by atoms with Gasteiger partial charge < -0.3 is 25.5 Å². The second kappa shape index (κ2) is 16.0. The van der Waals surface area contributed by atoms with E-state index in [2.05, 4.69) is 19.8 Å². The van der Waals surface area contributed by atoms with Crippen molar-refractivity contribution in [1.82, 2.24) is 9.55 Å². The summed E-state index contributed by atoms with van der Waals surface area (Å²) >= 11 is 0. The molecule has 0 bridgehead atoms. The smallest absolute Gasteiger partial charge is 0.417 e. The van der Waals surface area contributed by atoms with Crippen molar-refractivity contribution in [2.75, 3.05) is 24.3 Å². The number of aromatic nitrogens is 2. The van der Waals surface area contributed by atoms with Crippen LogP contribution in [0.15, 0.2) is 107 Å². The minimum absolute atomic E-state index is 0.192. The van der Waals surface area contributed by atoms with E-state index in [9.17, 15) is 28.0 Å². The lowest BCUT2D eigenvalue weighted by molar-refractivity contribution is -0.167. The van der Waals surface area contributed by atoms with Gasteiger partial charge in [-0.3, -0.25) is 14.2 Å². The number of aromatic amines is 1. The fourth-order valence-corrected chi connectivity index (χ4v) is 3.73. The zero-order valence-electron chi connectivity index (χ0n) is 23.9. The predicted octanol–water partition coefficient (Wildman–Crippen LogP) is 5.08. The number of ether oxygens (including phenoxy) is 2. The summed E-state index contributed by atoms with van der Waals surface area (Å²) < 4.78 is 35.9. The van der Waals surface area contributed by atoms with Crippen LogP contribution in [0.1, 0.15) is 13.8 Å². The number of nitrogens with two attached hydrogens (primary N) is 1. The number of nitrogens with one attached hydrogen (secondary N) is 2. The Labute approximate surface area is 250 Å². The third kappa shape index (κ3) is 9.11. The van der Waals surface area contributed by atoms with Crippen LogP contribution in [-0.2, 0) is 19.1 Å². The first kappa shape index (κ1) is 32.7. The van der Waals surface area contributed by atoms with E-state index < -0.39 is 28.9 Å². The first-order chi connectivity index (χ1) is 21.1. The number of H-pyrrole nitrogens is 1. The number of carbonyl (C=O) groups excluding carboxylic acids is 2. The fraction of sp³-hybridized carbons (Fsp3) is 0.125. The van der Waals surface area contributed by atoms with Gasteiger partial charge >= 0.3 is 23.1 Å². The Hall–Kier alpha value is -5.78. The maximum absolute atomic E-state index is 13.2. The number of rotatable bonds is 5. The predicted molar refractivity (Wildman–Crippen MR) is 164 cm³/mol. The molecule has 0 aliphatic heterocycles. The molecule has 0 aliphatic carbocycles. The molecule has 10 nitrogen and oxygen atoms in total. The van der Waals surface area contributed by atoms with Crippen molar-refractivity contribution in [2.24, 2.45) is 0 Å². The summed E-state index contributed by atoms with van der Waals surface area (Å²) in [5, 5.41) is 3.11. The van der Waals surface area contributed by atoms with Gasteiger partial charge in [-0.15, -0.1) is 0 Å². The van der Waals surface area contributed by atoms with Gasteiger partial charge in [-0.25, -0.2) is 18.4 Å². The second-order valence-electron chi connectivity index (χ2n) is 8.76. The summed E-state index contributed by atoms with van der Waals surface area (Å²) in [5.41, 5.74) is 7.55. The molecule has 12 heteroatoms. The number of fused-ring (bicyclic) bond motifs is 1. The molecule has 4 aromatic carbocycles. The van der Waals surface area contributed by atoms with Gasteiger partial charge in [0.2, 0.25) is 0 Å². The Balaban J connectivity index is 0.000000190. The summed E-state index contributed by atoms with van der Waals surface area (Å²) in [7, 11) is 0. The maximum Gasteiger partial charge on any atom is 0.417 e. The van der Waals surface area contributed by atoms with Crippen molar-refractivity contribution in [3.8, 4) is 5.69 Å².